The van der Waals surface area contributed by atoms with E-state index in [2.05, 4.69) is 5.32 Å². The van der Waals surface area contributed by atoms with Crippen LogP contribution in [0.1, 0.15) is 22.3 Å². The van der Waals surface area contributed by atoms with Gasteiger partial charge in [0.2, 0.25) is 5.91 Å². The van der Waals surface area contributed by atoms with E-state index in [0.717, 1.165) is 17.7 Å². The minimum Gasteiger partial charge on any atom is -0.368 e. The molecule has 120 valence electrons. The Morgan fingerprint density at radius 2 is 1.78 bits per heavy atom. The van der Waals surface area contributed by atoms with Gasteiger partial charge in [0.05, 0.1) is 5.56 Å². The van der Waals surface area contributed by atoms with E-state index in [-0.39, 0.29) is 12.0 Å². The summed E-state index contributed by atoms with van der Waals surface area (Å²) in [6.07, 6.45) is 0.814. The van der Waals surface area contributed by atoms with Crippen molar-refractivity contribution in [1.82, 2.24) is 5.32 Å². The standard InChI is InChI=1S/C17H16F2N2O2/c18-12-7-8-13(14(19)10-12)17(23)21-15(16(20)22)9-6-11-4-2-1-3-5-11/h1-5,7-8,10,15H,6,9H2,(H2,20,22)(H,21,23)/t15-/m1/s1. The largest absolute Gasteiger partial charge is 0.368 e. The number of rotatable bonds is 6. The Bertz CT molecular complexity index is 705. The molecule has 23 heavy (non-hydrogen) atoms. The zero-order chi connectivity index (χ0) is 16.8. The molecule has 0 fully saturated rings. The molecular formula is C17H16F2N2O2. The highest BCUT2D eigenvalue weighted by Crippen LogP contribution is 2.11. The van der Waals surface area contributed by atoms with Crippen molar-refractivity contribution in [2.45, 2.75) is 18.9 Å². The third-order valence-electron chi connectivity index (χ3n) is 3.39. The van der Waals surface area contributed by atoms with E-state index in [1.165, 1.54) is 0 Å². The molecule has 0 saturated carbocycles. The highest BCUT2D eigenvalue weighted by molar-refractivity contribution is 5.97. The van der Waals surface area contributed by atoms with E-state index in [1.54, 1.807) is 0 Å². The number of amides is 2. The fraction of sp³-hybridized carbons (Fsp3) is 0.176. The lowest BCUT2D eigenvalue weighted by Crippen LogP contribution is -2.45. The number of aryl methyl sites for hydroxylation is 1. The third-order valence-corrected chi connectivity index (χ3v) is 3.39. The molecule has 0 aromatic heterocycles. The van der Waals surface area contributed by atoms with Crippen molar-refractivity contribution in [3.8, 4) is 0 Å². The maximum Gasteiger partial charge on any atom is 0.254 e. The van der Waals surface area contributed by atoms with Gasteiger partial charge in [-0.2, -0.15) is 0 Å². The average Bonchev–Trinajstić information content (AvgIpc) is 2.51. The highest BCUT2D eigenvalue weighted by atomic mass is 19.1. The predicted molar refractivity (Wildman–Crippen MR) is 81.6 cm³/mol. The Balaban J connectivity index is 2.04. The van der Waals surface area contributed by atoms with Crippen molar-refractivity contribution in [1.29, 1.82) is 0 Å². The van der Waals surface area contributed by atoms with Crippen LogP contribution in [-0.2, 0) is 11.2 Å². The van der Waals surface area contributed by atoms with Crippen molar-refractivity contribution in [3.63, 3.8) is 0 Å². The number of hydrogen-bond acceptors (Lipinski definition) is 2. The lowest BCUT2D eigenvalue weighted by molar-refractivity contribution is -0.120. The normalized spacial score (nSPS) is 11.7. The van der Waals surface area contributed by atoms with Gasteiger partial charge in [-0.3, -0.25) is 9.59 Å². The quantitative estimate of drug-likeness (QED) is 0.857. The topological polar surface area (TPSA) is 72.2 Å². The molecule has 2 amide bonds. The van der Waals surface area contributed by atoms with Gasteiger partial charge >= 0.3 is 0 Å². The van der Waals surface area contributed by atoms with Gasteiger partial charge in [0, 0.05) is 6.07 Å². The van der Waals surface area contributed by atoms with E-state index < -0.39 is 29.5 Å². The number of carbonyl (C=O) groups is 2. The molecule has 2 rings (SSSR count). The van der Waals surface area contributed by atoms with E-state index in [9.17, 15) is 18.4 Å². The Morgan fingerprint density at radius 3 is 2.39 bits per heavy atom. The number of halogens is 2. The summed E-state index contributed by atoms with van der Waals surface area (Å²) in [5.41, 5.74) is 5.93. The summed E-state index contributed by atoms with van der Waals surface area (Å²) >= 11 is 0. The van der Waals surface area contributed by atoms with Gasteiger partial charge < -0.3 is 11.1 Å². The van der Waals surface area contributed by atoms with Crippen molar-refractivity contribution in [2.24, 2.45) is 5.73 Å². The minimum absolute atomic E-state index is 0.286. The molecule has 0 bridgehead atoms. The summed E-state index contributed by atoms with van der Waals surface area (Å²) in [7, 11) is 0. The number of nitrogens with two attached hydrogens (primary N) is 1. The zero-order valence-corrected chi connectivity index (χ0v) is 12.3. The number of nitrogens with one attached hydrogen (secondary N) is 1. The molecule has 6 heteroatoms. The zero-order valence-electron chi connectivity index (χ0n) is 12.3. The van der Waals surface area contributed by atoms with Crippen LogP contribution in [0.15, 0.2) is 48.5 Å². The summed E-state index contributed by atoms with van der Waals surface area (Å²) in [4.78, 5) is 23.5. The van der Waals surface area contributed by atoms with Crippen LogP contribution >= 0.6 is 0 Å². The van der Waals surface area contributed by atoms with Crippen molar-refractivity contribution < 1.29 is 18.4 Å². The Labute approximate surface area is 132 Å². The first-order valence-electron chi connectivity index (χ1n) is 7.06. The predicted octanol–water partition coefficient (Wildman–Crippen LogP) is 2.18. The van der Waals surface area contributed by atoms with E-state index >= 15 is 0 Å². The van der Waals surface area contributed by atoms with Gasteiger partial charge in [-0.1, -0.05) is 30.3 Å². The fourth-order valence-electron chi connectivity index (χ4n) is 2.15. The molecule has 0 heterocycles. The monoisotopic (exact) mass is 318 g/mol. The number of primary amides is 1. The van der Waals surface area contributed by atoms with E-state index in [0.29, 0.717) is 12.5 Å². The van der Waals surface area contributed by atoms with Gasteiger partial charge in [-0.15, -0.1) is 0 Å². The van der Waals surface area contributed by atoms with Crippen LogP contribution in [0.5, 0.6) is 0 Å². The van der Waals surface area contributed by atoms with E-state index in [1.807, 2.05) is 30.3 Å². The van der Waals surface area contributed by atoms with Gasteiger partial charge in [0.1, 0.15) is 17.7 Å². The van der Waals surface area contributed by atoms with Crippen LogP contribution in [0, 0.1) is 11.6 Å². The second-order valence-corrected chi connectivity index (χ2v) is 5.08. The number of benzene rings is 2. The first-order chi connectivity index (χ1) is 11.0. The average molecular weight is 318 g/mol. The summed E-state index contributed by atoms with van der Waals surface area (Å²) in [5, 5.41) is 2.39. The Hall–Kier alpha value is -2.76. The maximum atomic E-state index is 13.6. The molecule has 4 nitrogen and oxygen atoms in total. The molecule has 0 radical (unpaired) electrons. The van der Waals surface area contributed by atoms with Crippen LogP contribution < -0.4 is 11.1 Å². The molecule has 0 unspecified atom stereocenters. The van der Waals surface area contributed by atoms with Crippen LogP contribution in [0.25, 0.3) is 0 Å². The first kappa shape index (κ1) is 16.6. The van der Waals surface area contributed by atoms with Crippen LogP contribution in [-0.4, -0.2) is 17.9 Å². The van der Waals surface area contributed by atoms with Crippen molar-refractivity contribution in [3.05, 3.63) is 71.3 Å². The van der Waals surface area contributed by atoms with Crippen molar-refractivity contribution in [2.75, 3.05) is 0 Å². The lowest BCUT2D eigenvalue weighted by atomic mass is 10.0. The van der Waals surface area contributed by atoms with Crippen LogP contribution in [0.4, 0.5) is 8.78 Å². The molecule has 1 atom stereocenters. The number of hydrogen-bond donors (Lipinski definition) is 2. The van der Waals surface area contributed by atoms with Crippen LogP contribution in [0.2, 0.25) is 0 Å². The first-order valence-corrected chi connectivity index (χ1v) is 7.06. The minimum atomic E-state index is -0.992. The third kappa shape index (κ3) is 4.60. The van der Waals surface area contributed by atoms with Crippen LogP contribution in [0.3, 0.4) is 0 Å². The second kappa shape index (κ2) is 7.49. The summed E-state index contributed by atoms with van der Waals surface area (Å²) < 4.78 is 26.5. The molecule has 0 aliphatic carbocycles. The fourth-order valence-corrected chi connectivity index (χ4v) is 2.15. The Morgan fingerprint density at radius 1 is 1.09 bits per heavy atom. The molecule has 0 aliphatic rings. The smallest absolute Gasteiger partial charge is 0.254 e. The lowest BCUT2D eigenvalue weighted by Gasteiger charge is -2.16. The summed E-state index contributed by atoms with van der Waals surface area (Å²) in [6.45, 7) is 0. The molecule has 0 aliphatic heterocycles. The maximum absolute atomic E-state index is 13.6. The van der Waals surface area contributed by atoms with Gasteiger partial charge in [0.25, 0.3) is 5.91 Å². The van der Waals surface area contributed by atoms with Crippen molar-refractivity contribution >= 4 is 11.8 Å². The molecule has 2 aromatic rings. The van der Waals surface area contributed by atoms with Gasteiger partial charge in [0.15, 0.2) is 0 Å². The second-order valence-electron chi connectivity index (χ2n) is 5.08. The summed E-state index contributed by atoms with van der Waals surface area (Å²) in [6, 6.07) is 11.0. The molecule has 0 saturated heterocycles. The number of carbonyl (C=O) groups excluding carboxylic acids is 2. The van der Waals surface area contributed by atoms with E-state index in [4.69, 9.17) is 5.73 Å². The molecule has 0 spiro atoms. The van der Waals surface area contributed by atoms with Gasteiger partial charge in [-0.25, -0.2) is 8.78 Å². The van der Waals surface area contributed by atoms with Gasteiger partial charge in [-0.05, 0) is 30.5 Å². The molecular weight excluding hydrogens is 302 g/mol. The highest BCUT2D eigenvalue weighted by Gasteiger charge is 2.21. The SMILES string of the molecule is NC(=O)[C@@H](CCc1ccccc1)NC(=O)c1ccc(F)cc1F. The molecule has 2 aromatic carbocycles. The summed E-state index contributed by atoms with van der Waals surface area (Å²) in [5.74, 6) is -3.29. The Kier molecular flexibility index (Phi) is 5.41. The molecule has 3 N–H and O–H groups in total.